The fourth-order valence-corrected chi connectivity index (χ4v) is 8.12. The monoisotopic (exact) mass is 597 g/mol. The first-order chi connectivity index (χ1) is 19.9. The molecule has 2 heterocycles. The Kier molecular flexibility index (Phi) is 8.50. The van der Waals surface area contributed by atoms with Crippen molar-refractivity contribution in [3.8, 4) is 0 Å². The van der Waals surface area contributed by atoms with Gasteiger partial charge in [0.2, 0.25) is 5.91 Å². The van der Waals surface area contributed by atoms with Crippen LogP contribution in [0.4, 0.5) is 9.59 Å². The number of ether oxygens (including phenoxy) is 2. The van der Waals surface area contributed by atoms with Crippen molar-refractivity contribution in [1.82, 2.24) is 15.1 Å². The molecule has 2 aromatic carbocycles. The van der Waals surface area contributed by atoms with E-state index in [-0.39, 0.29) is 41.0 Å². The van der Waals surface area contributed by atoms with Gasteiger partial charge >= 0.3 is 12.2 Å². The highest BCUT2D eigenvalue weighted by molar-refractivity contribution is 7.91. The summed E-state index contributed by atoms with van der Waals surface area (Å²) >= 11 is 0. The molecule has 11 heteroatoms. The zero-order valence-corrected chi connectivity index (χ0v) is 25.1. The van der Waals surface area contributed by atoms with Gasteiger partial charge in [0, 0.05) is 19.1 Å². The number of nitrogens with one attached hydrogen (secondary N) is 1. The largest absolute Gasteiger partial charge is 0.445 e. The van der Waals surface area contributed by atoms with E-state index in [0.717, 1.165) is 5.56 Å². The lowest BCUT2D eigenvalue weighted by Gasteiger charge is -2.32. The molecule has 2 aliphatic heterocycles. The number of fused-ring (bicyclic) bond motifs is 1. The van der Waals surface area contributed by atoms with Crippen LogP contribution in [-0.4, -0.2) is 78.9 Å². The number of hydrogen-bond acceptors (Lipinski definition) is 7. The van der Waals surface area contributed by atoms with Crippen LogP contribution in [0.3, 0.4) is 0 Å². The minimum absolute atomic E-state index is 0.0362. The molecule has 2 aromatic rings. The van der Waals surface area contributed by atoms with Gasteiger partial charge in [-0.15, -0.1) is 0 Å². The maximum absolute atomic E-state index is 13.4. The Balaban J connectivity index is 1.24. The molecule has 10 nitrogen and oxygen atoms in total. The number of nitrogens with zero attached hydrogens (tertiary/aromatic N) is 2. The minimum atomic E-state index is -3.68. The third-order valence-corrected chi connectivity index (χ3v) is 10.1. The maximum atomic E-state index is 13.4. The predicted molar refractivity (Wildman–Crippen MR) is 155 cm³/mol. The van der Waals surface area contributed by atoms with Gasteiger partial charge in [0.25, 0.3) is 0 Å². The molecule has 1 N–H and O–H groups in total. The second-order valence-corrected chi connectivity index (χ2v) is 14.5. The van der Waals surface area contributed by atoms with Crippen LogP contribution in [0.2, 0.25) is 0 Å². The standard InChI is InChI=1S/C31H39N3O7S/c1-31(2,3)41-30(37)34-18-22-16-23(17-25(22)27(34)20-42(38,39)24-12-8-5-9-13-24)33-15-14-26(28(33)35)32-29(36)40-19-21-10-6-4-7-11-21/h4-13,22-23,25-27H,14-20H2,1-3H3,(H,32,36). The molecule has 3 amide bonds. The van der Waals surface area contributed by atoms with Crippen LogP contribution < -0.4 is 5.32 Å². The van der Waals surface area contributed by atoms with Crippen LogP contribution in [0, 0.1) is 11.8 Å². The molecule has 1 saturated carbocycles. The van der Waals surface area contributed by atoms with Crippen LogP contribution in [0.25, 0.3) is 0 Å². The number of amides is 3. The molecule has 3 fully saturated rings. The predicted octanol–water partition coefficient (Wildman–Crippen LogP) is 4.00. The van der Waals surface area contributed by atoms with E-state index in [1.54, 1.807) is 60.9 Å². The fraction of sp³-hybridized carbons (Fsp3) is 0.516. The van der Waals surface area contributed by atoms with Crippen molar-refractivity contribution in [2.75, 3.05) is 18.8 Å². The summed E-state index contributed by atoms with van der Waals surface area (Å²) in [6, 6.07) is 16.2. The summed E-state index contributed by atoms with van der Waals surface area (Å²) in [5, 5.41) is 2.70. The lowest BCUT2D eigenvalue weighted by molar-refractivity contribution is -0.131. The molecule has 226 valence electrons. The third-order valence-electron chi connectivity index (χ3n) is 8.36. The van der Waals surface area contributed by atoms with Gasteiger partial charge in [-0.25, -0.2) is 18.0 Å². The van der Waals surface area contributed by atoms with Gasteiger partial charge in [0.05, 0.1) is 16.7 Å². The van der Waals surface area contributed by atoms with Gasteiger partial charge in [-0.1, -0.05) is 48.5 Å². The van der Waals surface area contributed by atoms with E-state index in [4.69, 9.17) is 9.47 Å². The van der Waals surface area contributed by atoms with Crippen LogP contribution >= 0.6 is 0 Å². The summed E-state index contributed by atoms with van der Waals surface area (Å²) in [6.07, 6.45) is 0.554. The average Bonchev–Trinajstić information content (AvgIpc) is 3.61. The molecular formula is C31H39N3O7S. The Morgan fingerprint density at radius 2 is 1.67 bits per heavy atom. The smallest absolute Gasteiger partial charge is 0.410 e. The lowest BCUT2D eigenvalue weighted by atomic mass is 9.95. The number of benzene rings is 2. The molecule has 0 radical (unpaired) electrons. The highest BCUT2D eigenvalue weighted by Gasteiger charge is 2.53. The summed E-state index contributed by atoms with van der Waals surface area (Å²) in [6.45, 7) is 6.35. The normalized spacial score (nSPS) is 25.8. The number of hydrogen-bond donors (Lipinski definition) is 1. The topological polar surface area (TPSA) is 122 Å². The number of sulfone groups is 1. The fourth-order valence-electron chi connectivity index (χ4n) is 6.48. The Morgan fingerprint density at radius 1 is 1.00 bits per heavy atom. The Labute approximate surface area is 247 Å². The summed E-state index contributed by atoms with van der Waals surface area (Å²) in [5.74, 6) is -0.435. The first-order valence-corrected chi connectivity index (χ1v) is 16.1. The van der Waals surface area contributed by atoms with Gasteiger partial charge in [0.1, 0.15) is 18.2 Å². The van der Waals surface area contributed by atoms with E-state index in [1.165, 1.54) is 0 Å². The Hall–Kier alpha value is -3.60. The van der Waals surface area contributed by atoms with Crippen molar-refractivity contribution < 1.29 is 32.3 Å². The number of carbonyl (C=O) groups is 3. The molecule has 5 unspecified atom stereocenters. The molecule has 5 rings (SSSR count). The van der Waals surface area contributed by atoms with Crippen molar-refractivity contribution in [2.24, 2.45) is 11.8 Å². The van der Waals surface area contributed by atoms with E-state index in [2.05, 4.69) is 5.32 Å². The van der Waals surface area contributed by atoms with Crippen molar-refractivity contribution in [3.63, 3.8) is 0 Å². The quantitative estimate of drug-likeness (QED) is 0.512. The van der Waals surface area contributed by atoms with E-state index < -0.39 is 39.7 Å². The van der Waals surface area contributed by atoms with E-state index in [1.807, 2.05) is 30.3 Å². The van der Waals surface area contributed by atoms with Crippen molar-refractivity contribution in [1.29, 1.82) is 0 Å². The number of carbonyl (C=O) groups excluding carboxylic acids is 3. The third kappa shape index (κ3) is 6.72. The number of alkyl carbamates (subject to hydrolysis) is 1. The average molecular weight is 598 g/mol. The van der Waals surface area contributed by atoms with Gasteiger partial charge in [-0.2, -0.15) is 0 Å². The van der Waals surface area contributed by atoms with Crippen LogP contribution in [0.1, 0.15) is 45.6 Å². The summed E-state index contributed by atoms with van der Waals surface area (Å²) in [5.41, 5.74) is 0.139. The minimum Gasteiger partial charge on any atom is -0.445 e. The summed E-state index contributed by atoms with van der Waals surface area (Å²) < 4.78 is 37.8. The first kappa shape index (κ1) is 29.9. The highest BCUT2D eigenvalue weighted by Crippen LogP contribution is 2.46. The van der Waals surface area contributed by atoms with Crippen molar-refractivity contribution >= 4 is 27.9 Å². The number of rotatable bonds is 7. The maximum Gasteiger partial charge on any atom is 0.410 e. The molecule has 42 heavy (non-hydrogen) atoms. The summed E-state index contributed by atoms with van der Waals surface area (Å²) in [7, 11) is -3.68. The second-order valence-electron chi connectivity index (χ2n) is 12.4. The molecule has 0 spiro atoms. The van der Waals surface area contributed by atoms with E-state index in [9.17, 15) is 22.8 Å². The molecule has 1 aliphatic carbocycles. The Morgan fingerprint density at radius 3 is 2.33 bits per heavy atom. The van der Waals surface area contributed by atoms with Gasteiger partial charge < -0.3 is 24.6 Å². The number of likely N-dealkylation sites (tertiary alicyclic amines) is 2. The van der Waals surface area contributed by atoms with Crippen LogP contribution in [-0.2, 0) is 30.7 Å². The Bertz CT molecular complexity index is 1390. The zero-order valence-electron chi connectivity index (χ0n) is 24.3. The molecular weight excluding hydrogens is 558 g/mol. The van der Waals surface area contributed by atoms with Crippen LogP contribution in [0.5, 0.6) is 0 Å². The zero-order chi connectivity index (χ0) is 30.1. The van der Waals surface area contributed by atoms with Gasteiger partial charge in [0.15, 0.2) is 9.84 Å². The van der Waals surface area contributed by atoms with Gasteiger partial charge in [-0.05, 0) is 69.6 Å². The first-order valence-electron chi connectivity index (χ1n) is 14.5. The van der Waals surface area contributed by atoms with E-state index in [0.29, 0.717) is 32.4 Å². The summed E-state index contributed by atoms with van der Waals surface area (Å²) in [4.78, 5) is 42.5. The molecule has 2 saturated heterocycles. The molecule has 3 aliphatic rings. The van der Waals surface area contributed by atoms with Crippen molar-refractivity contribution in [3.05, 3.63) is 66.2 Å². The molecule has 0 bridgehead atoms. The second kappa shape index (κ2) is 11.9. The molecule has 5 atom stereocenters. The van der Waals surface area contributed by atoms with Crippen LogP contribution in [0.15, 0.2) is 65.6 Å². The lowest BCUT2D eigenvalue weighted by Crippen LogP contribution is -2.47. The SMILES string of the molecule is CC(C)(C)OC(=O)N1CC2CC(N3CCC(NC(=O)OCc4ccccc4)C3=O)CC2C1CS(=O)(=O)c1ccccc1. The van der Waals surface area contributed by atoms with Crippen molar-refractivity contribution in [2.45, 2.75) is 75.3 Å². The van der Waals surface area contributed by atoms with E-state index >= 15 is 0 Å². The van der Waals surface area contributed by atoms with Gasteiger partial charge in [-0.3, -0.25) is 4.79 Å². The molecule has 0 aromatic heterocycles. The highest BCUT2D eigenvalue weighted by atomic mass is 32.2.